The number of carbonyl (C=O) groups excluding carboxylic acids is 1. The van der Waals surface area contributed by atoms with Crippen LogP contribution in [-0.2, 0) is 4.74 Å². The number of pyridine rings is 1. The fourth-order valence-corrected chi connectivity index (χ4v) is 3.80. The molecular weight excluding hydrogens is 356 g/mol. The van der Waals surface area contributed by atoms with Crippen LogP contribution in [0.25, 0.3) is 0 Å². The van der Waals surface area contributed by atoms with Crippen LogP contribution in [0.1, 0.15) is 37.3 Å². The zero-order valence-electron chi connectivity index (χ0n) is 14.0. The quantitative estimate of drug-likeness (QED) is 0.823. The SMILES string of the molecule is O=C(O[C@H](CO)C(F)(F)F)N1CCC2(CC1)CC(c1ccc(F)cn1)C2. The first-order chi connectivity index (χ1) is 12.2. The lowest BCUT2D eigenvalue weighted by molar-refractivity contribution is -0.215. The third kappa shape index (κ3) is 3.92. The Bertz CT molecular complexity index is 634. The summed E-state index contributed by atoms with van der Waals surface area (Å²) in [5.41, 5.74) is 0.896. The standard InChI is InChI=1S/C17H20F4N2O3/c18-12-1-2-13(22-9-12)11-7-16(8-11)3-5-23(6-4-16)15(25)26-14(10-24)17(19,20)21/h1-2,9,11,14,24H,3-8,10H2/t14-/m1/s1. The molecule has 9 heteroatoms. The van der Waals surface area contributed by atoms with Gasteiger partial charge in [0.05, 0.1) is 12.8 Å². The third-order valence-electron chi connectivity index (χ3n) is 5.38. The first kappa shape index (κ1) is 18.9. The Morgan fingerprint density at radius 2 is 2.00 bits per heavy atom. The fourth-order valence-electron chi connectivity index (χ4n) is 3.80. The van der Waals surface area contributed by atoms with Gasteiger partial charge in [0.1, 0.15) is 5.82 Å². The second-order valence-corrected chi connectivity index (χ2v) is 7.09. The van der Waals surface area contributed by atoms with Crippen LogP contribution in [0, 0.1) is 11.2 Å². The van der Waals surface area contributed by atoms with Gasteiger partial charge < -0.3 is 14.7 Å². The molecular formula is C17H20F4N2O3. The van der Waals surface area contributed by atoms with Crippen LogP contribution in [0.15, 0.2) is 18.3 Å². The molecule has 26 heavy (non-hydrogen) atoms. The van der Waals surface area contributed by atoms with Gasteiger partial charge in [0.2, 0.25) is 6.10 Å². The predicted molar refractivity (Wildman–Crippen MR) is 82.8 cm³/mol. The summed E-state index contributed by atoms with van der Waals surface area (Å²) in [7, 11) is 0. The topological polar surface area (TPSA) is 62.7 Å². The Labute approximate surface area is 148 Å². The number of amides is 1. The first-order valence-electron chi connectivity index (χ1n) is 8.47. The highest BCUT2D eigenvalue weighted by atomic mass is 19.4. The highest BCUT2D eigenvalue weighted by molar-refractivity contribution is 5.68. The third-order valence-corrected chi connectivity index (χ3v) is 5.38. The molecule has 1 saturated carbocycles. The monoisotopic (exact) mass is 376 g/mol. The van der Waals surface area contributed by atoms with E-state index in [1.165, 1.54) is 17.2 Å². The van der Waals surface area contributed by atoms with Gasteiger partial charge in [0.15, 0.2) is 0 Å². The van der Waals surface area contributed by atoms with E-state index in [4.69, 9.17) is 5.11 Å². The predicted octanol–water partition coefficient (Wildman–Crippen LogP) is 3.24. The molecule has 144 valence electrons. The van der Waals surface area contributed by atoms with Crippen LogP contribution >= 0.6 is 0 Å². The maximum Gasteiger partial charge on any atom is 0.427 e. The number of piperidine rings is 1. The number of aromatic nitrogens is 1. The van der Waals surface area contributed by atoms with Crippen LogP contribution in [0.3, 0.4) is 0 Å². The number of rotatable bonds is 3. The molecule has 1 saturated heterocycles. The molecule has 1 aromatic heterocycles. The molecule has 1 N–H and O–H groups in total. The van der Waals surface area contributed by atoms with Crippen LogP contribution in [0.4, 0.5) is 22.4 Å². The van der Waals surface area contributed by atoms with Gasteiger partial charge in [-0.25, -0.2) is 9.18 Å². The van der Waals surface area contributed by atoms with Crippen LogP contribution < -0.4 is 0 Å². The minimum Gasteiger partial charge on any atom is -0.434 e. The molecule has 0 aromatic carbocycles. The number of alkyl halides is 3. The first-order valence-corrected chi connectivity index (χ1v) is 8.47. The summed E-state index contributed by atoms with van der Waals surface area (Å²) in [6.45, 7) is -0.657. The highest BCUT2D eigenvalue weighted by Gasteiger charge is 2.48. The summed E-state index contributed by atoms with van der Waals surface area (Å²) >= 11 is 0. The van der Waals surface area contributed by atoms with E-state index in [2.05, 4.69) is 9.72 Å². The van der Waals surface area contributed by atoms with Gasteiger partial charge in [-0.3, -0.25) is 4.98 Å². The normalized spacial score (nSPS) is 21.3. The summed E-state index contributed by atoms with van der Waals surface area (Å²) in [5.74, 6) is -0.132. The van der Waals surface area contributed by atoms with E-state index in [1.807, 2.05) is 0 Å². The van der Waals surface area contributed by atoms with E-state index in [1.54, 1.807) is 6.07 Å². The molecule has 3 rings (SSSR count). The lowest BCUT2D eigenvalue weighted by Crippen LogP contribution is -2.50. The van der Waals surface area contributed by atoms with Crippen molar-refractivity contribution in [1.82, 2.24) is 9.88 Å². The lowest BCUT2D eigenvalue weighted by Gasteiger charge is -2.52. The summed E-state index contributed by atoms with van der Waals surface area (Å²) in [6, 6.07) is 3.05. The largest absolute Gasteiger partial charge is 0.434 e. The molecule has 1 aromatic rings. The molecule has 1 aliphatic carbocycles. The Morgan fingerprint density at radius 3 is 2.50 bits per heavy atom. The van der Waals surface area contributed by atoms with Crippen molar-refractivity contribution < 1.29 is 32.2 Å². The number of hydrogen-bond acceptors (Lipinski definition) is 4. The van der Waals surface area contributed by atoms with Crippen molar-refractivity contribution in [1.29, 1.82) is 0 Å². The minimum atomic E-state index is -4.79. The Morgan fingerprint density at radius 1 is 1.35 bits per heavy atom. The van der Waals surface area contributed by atoms with Crippen molar-refractivity contribution >= 4 is 6.09 Å². The van der Waals surface area contributed by atoms with Gasteiger partial charge in [0.25, 0.3) is 0 Å². The van der Waals surface area contributed by atoms with Crippen molar-refractivity contribution in [2.45, 2.75) is 43.9 Å². The molecule has 0 radical (unpaired) electrons. The van der Waals surface area contributed by atoms with Gasteiger partial charge in [-0.1, -0.05) is 0 Å². The molecule has 0 bridgehead atoms. The number of likely N-dealkylation sites (tertiary alicyclic amines) is 1. The van der Waals surface area contributed by atoms with E-state index < -0.39 is 25.0 Å². The molecule has 1 atom stereocenters. The van der Waals surface area contributed by atoms with Gasteiger partial charge >= 0.3 is 12.3 Å². The molecule has 0 unspecified atom stereocenters. The van der Waals surface area contributed by atoms with Gasteiger partial charge in [-0.2, -0.15) is 13.2 Å². The van der Waals surface area contributed by atoms with Crippen molar-refractivity contribution in [3.63, 3.8) is 0 Å². The van der Waals surface area contributed by atoms with Crippen molar-refractivity contribution in [2.24, 2.45) is 5.41 Å². The molecule has 2 fully saturated rings. The zero-order chi connectivity index (χ0) is 18.9. The molecule has 2 aliphatic rings. The lowest BCUT2D eigenvalue weighted by atomic mass is 9.57. The minimum absolute atomic E-state index is 0.0535. The number of aliphatic hydroxyl groups excluding tert-OH is 1. The Hall–Kier alpha value is -1.90. The van der Waals surface area contributed by atoms with E-state index in [-0.39, 0.29) is 17.2 Å². The summed E-state index contributed by atoms with van der Waals surface area (Å²) in [4.78, 5) is 17.2. The summed E-state index contributed by atoms with van der Waals surface area (Å²) in [5, 5.41) is 8.75. The smallest absolute Gasteiger partial charge is 0.427 e. The van der Waals surface area contributed by atoms with Gasteiger partial charge in [0, 0.05) is 24.7 Å². The zero-order valence-corrected chi connectivity index (χ0v) is 14.0. The maximum absolute atomic E-state index is 12.9. The highest BCUT2D eigenvalue weighted by Crippen LogP contribution is 2.56. The second kappa shape index (κ2) is 7.02. The van der Waals surface area contributed by atoms with Crippen molar-refractivity contribution in [3.8, 4) is 0 Å². The molecule has 1 spiro atoms. The van der Waals surface area contributed by atoms with Crippen LogP contribution in [-0.4, -0.2) is 53.1 Å². The van der Waals surface area contributed by atoms with Crippen molar-refractivity contribution in [2.75, 3.05) is 19.7 Å². The Balaban J connectivity index is 1.49. The van der Waals surface area contributed by atoms with Gasteiger partial charge in [-0.05, 0) is 43.2 Å². The van der Waals surface area contributed by atoms with E-state index in [0.717, 1.165) is 18.5 Å². The number of nitrogens with zero attached hydrogens (tertiary/aromatic N) is 2. The second-order valence-electron chi connectivity index (χ2n) is 7.09. The van der Waals surface area contributed by atoms with Crippen molar-refractivity contribution in [3.05, 3.63) is 29.8 Å². The summed E-state index contributed by atoms with van der Waals surface area (Å²) in [6.07, 6.45) is -4.05. The van der Waals surface area contributed by atoms with Crippen LogP contribution in [0.2, 0.25) is 0 Å². The Kier molecular flexibility index (Phi) is 5.09. The fraction of sp³-hybridized carbons (Fsp3) is 0.647. The number of halogens is 4. The van der Waals surface area contributed by atoms with Crippen LogP contribution in [0.5, 0.6) is 0 Å². The molecule has 1 amide bonds. The number of hydrogen-bond donors (Lipinski definition) is 1. The average molecular weight is 376 g/mol. The van der Waals surface area contributed by atoms with E-state index in [0.29, 0.717) is 25.9 Å². The molecule has 2 heterocycles. The molecule has 1 aliphatic heterocycles. The van der Waals surface area contributed by atoms with E-state index in [9.17, 15) is 22.4 Å². The van der Waals surface area contributed by atoms with E-state index >= 15 is 0 Å². The van der Waals surface area contributed by atoms with Gasteiger partial charge in [-0.15, -0.1) is 0 Å². The number of aliphatic hydroxyl groups is 1. The summed E-state index contributed by atoms with van der Waals surface area (Å²) < 4.78 is 55.1. The molecule has 5 nitrogen and oxygen atoms in total. The number of ether oxygens (including phenoxy) is 1. The average Bonchev–Trinajstić information content (AvgIpc) is 2.57. The maximum atomic E-state index is 12.9. The number of carbonyl (C=O) groups is 1.